The van der Waals surface area contributed by atoms with E-state index in [9.17, 15) is 9.50 Å². The number of benzene rings is 1. The number of aliphatic hydroxyl groups excluding tert-OH is 1. The highest BCUT2D eigenvalue weighted by Crippen LogP contribution is 2.23. The molecule has 5 heteroatoms. The Labute approximate surface area is 113 Å². The highest BCUT2D eigenvalue weighted by molar-refractivity contribution is 9.10. The second kappa shape index (κ2) is 5.63. The zero-order chi connectivity index (χ0) is 13.1. The van der Waals surface area contributed by atoms with Crippen LogP contribution in [0.3, 0.4) is 0 Å². The Balaban J connectivity index is 2.01. The molecule has 1 atom stereocenters. The van der Waals surface area contributed by atoms with E-state index in [0.29, 0.717) is 22.9 Å². The lowest BCUT2D eigenvalue weighted by Gasteiger charge is -2.11. The maximum atomic E-state index is 13.3. The molecule has 0 aliphatic heterocycles. The minimum Gasteiger partial charge on any atom is -0.388 e. The SMILES string of the molecule is Cn1ccnc1CCC(O)c1ccc(Br)c(F)c1. The molecule has 1 heterocycles. The van der Waals surface area contributed by atoms with Gasteiger partial charge in [-0.1, -0.05) is 6.07 Å². The first-order valence-corrected chi connectivity index (χ1v) is 6.46. The van der Waals surface area contributed by atoms with Crippen molar-refractivity contribution in [2.75, 3.05) is 0 Å². The highest BCUT2D eigenvalue weighted by atomic mass is 79.9. The van der Waals surface area contributed by atoms with Crippen molar-refractivity contribution in [1.82, 2.24) is 9.55 Å². The third kappa shape index (κ3) is 2.97. The molecule has 1 aromatic heterocycles. The van der Waals surface area contributed by atoms with Crippen LogP contribution in [0.15, 0.2) is 35.1 Å². The van der Waals surface area contributed by atoms with Crippen LogP contribution in [0.2, 0.25) is 0 Å². The number of rotatable bonds is 4. The van der Waals surface area contributed by atoms with Gasteiger partial charge < -0.3 is 9.67 Å². The molecule has 0 aliphatic rings. The molecule has 0 radical (unpaired) electrons. The second-order valence-electron chi connectivity index (χ2n) is 4.18. The summed E-state index contributed by atoms with van der Waals surface area (Å²) in [7, 11) is 1.91. The third-order valence-corrected chi connectivity index (χ3v) is 3.53. The van der Waals surface area contributed by atoms with Crippen molar-refractivity contribution >= 4 is 15.9 Å². The van der Waals surface area contributed by atoms with Crippen molar-refractivity contribution in [1.29, 1.82) is 0 Å². The molecule has 1 aromatic carbocycles. The topological polar surface area (TPSA) is 38.0 Å². The minimum absolute atomic E-state index is 0.358. The fourth-order valence-electron chi connectivity index (χ4n) is 1.79. The van der Waals surface area contributed by atoms with Gasteiger partial charge in [0.15, 0.2) is 0 Å². The van der Waals surface area contributed by atoms with Crippen LogP contribution in [-0.4, -0.2) is 14.7 Å². The van der Waals surface area contributed by atoms with Crippen LogP contribution < -0.4 is 0 Å². The monoisotopic (exact) mass is 312 g/mol. The molecule has 2 aromatic rings. The molecular formula is C13H14BrFN2O. The van der Waals surface area contributed by atoms with Crippen LogP contribution in [-0.2, 0) is 13.5 Å². The van der Waals surface area contributed by atoms with Crippen LogP contribution in [0.25, 0.3) is 0 Å². The van der Waals surface area contributed by atoms with Gasteiger partial charge in [-0.25, -0.2) is 9.37 Å². The van der Waals surface area contributed by atoms with Crippen molar-refractivity contribution in [3.05, 3.63) is 52.3 Å². The molecule has 2 rings (SSSR count). The average Bonchev–Trinajstić information content (AvgIpc) is 2.75. The van der Waals surface area contributed by atoms with E-state index in [0.717, 1.165) is 5.82 Å². The molecule has 18 heavy (non-hydrogen) atoms. The molecule has 0 fully saturated rings. The van der Waals surface area contributed by atoms with E-state index in [2.05, 4.69) is 20.9 Å². The summed E-state index contributed by atoms with van der Waals surface area (Å²) < 4.78 is 15.7. The fourth-order valence-corrected chi connectivity index (χ4v) is 2.04. The van der Waals surface area contributed by atoms with Crippen molar-refractivity contribution in [3.63, 3.8) is 0 Å². The number of hydrogen-bond donors (Lipinski definition) is 1. The number of nitrogens with zero attached hydrogens (tertiary/aromatic N) is 2. The van der Waals surface area contributed by atoms with Crippen molar-refractivity contribution in [2.24, 2.45) is 7.05 Å². The number of halogens is 2. The quantitative estimate of drug-likeness (QED) is 0.942. The Hall–Kier alpha value is -1.20. The summed E-state index contributed by atoms with van der Waals surface area (Å²) in [6.07, 6.45) is 4.08. The van der Waals surface area contributed by atoms with Gasteiger partial charge >= 0.3 is 0 Å². The lowest BCUT2D eigenvalue weighted by molar-refractivity contribution is 0.166. The third-order valence-electron chi connectivity index (χ3n) is 2.89. The van der Waals surface area contributed by atoms with Gasteiger partial charge in [0.25, 0.3) is 0 Å². The fraction of sp³-hybridized carbons (Fsp3) is 0.308. The van der Waals surface area contributed by atoms with E-state index >= 15 is 0 Å². The summed E-state index contributed by atoms with van der Waals surface area (Å²) in [5.41, 5.74) is 0.588. The number of aliphatic hydroxyl groups is 1. The normalized spacial score (nSPS) is 12.7. The van der Waals surface area contributed by atoms with Gasteiger partial charge in [0.05, 0.1) is 10.6 Å². The first-order chi connectivity index (χ1) is 8.58. The zero-order valence-electron chi connectivity index (χ0n) is 9.98. The standard InChI is InChI=1S/C13H14BrFN2O/c1-17-7-6-16-13(17)5-4-12(18)9-2-3-10(14)11(15)8-9/h2-3,6-8,12,18H,4-5H2,1H3. The van der Waals surface area contributed by atoms with Gasteiger partial charge in [-0.2, -0.15) is 0 Å². The summed E-state index contributed by atoms with van der Waals surface area (Å²) in [6, 6.07) is 4.68. The van der Waals surface area contributed by atoms with Gasteiger partial charge in [0.1, 0.15) is 11.6 Å². The Morgan fingerprint density at radius 2 is 2.28 bits per heavy atom. The predicted octanol–water partition coefficient (Wildman–Crippen LogP) is 2.99. The van der Waals surface area contributed by atoms with E-state index in [1.807, 2.05) is 17.8 Å². The van der Waals surface area contributed by atoms with E-state index < -0.39 is 6.10 Å². The minimum atomic E-state index is -0.677. The van der Waals surface area contributed by atoms with Crippen LogP contribution in [0.1, 0.15) is 23.9 Å². The Bertz CT molecular complexity index is 542. The molecular weight excluding hydrogens is 299 g/mol. The average molecular weight is 313 g/mol. The lowest BCUT2D eigenvalue weighted by atomic mass is 10.0. The Morgan fingerprint density at radius 1 is 1.50 bits per heavy atom. The molecule has 0 spiro atoms. The van der Waals surface area contributed by atoms with E-state index in [1.54, 1.807) is 18.3 Å². The molecule has 0 aliphatic carbocycles. The largest absolute Gasteiger partial charge is 0.388 e. The van der Waals surface area contributed by atoms with Gasteiger partial charge in [0.2, 0.25) is 0 Å². The van der Waals surface area contributed by atoms with Crippen LogP contribution in [0.5, 0.6) is 0 Å². The molecule has 1 unspecified atom stereocenters. The highest BCUT2D eigenvalue weighted by Gasteiger charge is 2.11. The van der Waals surface area contributed by atoms with Crippen molar-refractivity contribution < 1.29 is 9.50 Å². The second-order valence-corrected chi connectivity index (χ2v) is 5.04. The number of imidazole rings is 1. The summed E-state index contributed by atoms with van der Waals surface area (Å²) >= 11 is 3.09. The lowest BCUT2D eigenvalue weighted by Crippen LogP contribution is -2.04. The first kappa shape index (κ1) is 13.2. The van der Waals surface area contributed by atoms with Crippen molar-refractivity contribution in [2.45, 2.75) is 18.9 Å². The van der Waals surface area contributed by atoms with Crippen LogP contribution in [0.4, 0.5) is 4.39 Å². The summed E-state index contributed by atoms with van der Waals surface area (Å²) in [5, 5.41) is 10.0. The Morgan fingerprint density at radius 3 is 2.89 bits per heavy atom. The molecule has 0 amide bonds. The molecule has 0 saturated heterocycles. The van der Waals surface area contributed by atoms with E-state index in [1.165, 1.54) is 6.07 Å². The first-order valence-electron chi connectivity index (χ1n) is 5.67. The molecule has 96 valence electrons. The molecule has 0 bridgehead atoms. The molecule has 1 N–H and O–H groups in total. The van der Waals surface area contributed by atoms with E-state index in [4.69, 9.17) is 0 Å². The summed E-state index contributed by atoms with van der Waals surface area (Å²) in [5.74, 6) is 0.551. The van der Waals surface area contributed by atoms with Gasteiger partial charge in [0, 0.05) is 25.9 Å². The van der Waals surface area contributed by atoms with E-state index in [-0.39, 0.29) is 5.82 Å². The number of aromatic nitrogens is 2. The maximum absolute atomic E-state index is 13.3. The summed E-state index contributed by atoms with van der Waals surface area (Å²) in [6.45, 7) is 0. The Kier molecular flexibility index (Phi) is 4.14. The molecule has 3 nitrogen and oxygen atoms in total. The smallest absolute Gasteiger partial charge is 0.137 e. The summed E-state index contributed by atoms with van der Waals surface area (Å²) in [4.78, 5) is 4.18. The van der Waals surface area contributed by atoms with Crippen molar-refractivity contribution in [3.8, 4) is 0 Å². The zero-order valence-corrected chi connectivity index (χ0v) is 11.6. The van der Waals surface area contributed by atoms with Gasteiger partial charge in [-0.05, 0) is 40.0 Å². The predicted molar refractivity (Wildman–Crippen MR) is 70.6 cm³/mol. The van der Waals surface area contributed by atoms with Crippen LogP contribution in [0, 0.1) is 5.82 Å². The van der Waals surface area contributed by atoms with Gasteiger partial charge in [-0.15, -0.1) is 0 Å². The molecule has 0 saturated carbocycles. The van der Waals surface area contributed by atoms with Crippen LogP contribution >= 0.6 is 15.9 Å². The van der Waals surface area contributed by atoms with Gasteiger partial charge in [-0.3, -0.25) is 0 Å². The maximum Gasteiger partial charge on any atom is 0.137 e. The number of aryl methyl sites for hydroxylation is 2. The number of hydrogen-bond acceptors (Lipinski definition) is 2.